The molecule has 0 radical (unpaired) electrons. The Bertz CT molecular complexity index is 371. The number of rotatable bonds is 5. The van der Waals surface area contributed by atoms with E-state index in [2.05, 4.69) is 24.4 Å². The van der Waals surface area contributed by atoms with Gasteiger partial charge >= 0.3 is 0 Å². The molecule has 3 nitrogen and oxygen atoms in total. The van der Waals surface area contributed by atoms with E-state index in [1.807, 2.05) is 18.2 Å². The van der Waals surface area contributed by atoms with Gasteiger partial charge in [0, 0.05) is 12.6 Å². The Morgan fingerprint density at radius 1 is 1.44 bits per heavy atom. The first-order valence-corrected chi connectivity index (χ1v) is 6.71. The minimum Gasteiger partial charge on any atom is -0.368 e. The van der Waals surface area contributed by atoms with Crippen LogP contribution in [0.2, 0.25) is 0 Å². The molecule has 1 aliphatic rings. The van der Waals surface area contributed by atoms with E-state index in [0.717, 1.165) is 32.3 Å². The summed E-state index contributed by atoms with van der Waals surface area (Å²) in [4.78, 5) is 11.8. The molecule has 1 N–H and O–H groups in total. The zero-order chi connectivity index (χ0) is 12.8. The van der Waals surface area contributed by atoms with E-state index >= 15 is 0 Å². The lowest BCUT2D eigenvalue weighted by molar-refractivity contribution is -0.130. The van der Waals surface area contributed by atoms with Crippen molar-refractivity contribution in [2.75, 3.05) is 6.61 Å². The number of benzene rings is 1. The second kappa shape index (κ2) is 6.55. The lowest BCUT2D eigenvalue weighted by Gasteiger charge is -2.16. The molecule has 1 fully saturated rings. The number of nitrogens with one attached hydrogen (secondary N) is 1. The van der Waals surface area contributed by atoms with Gasteiger partial charge in [-0.05, 0) is 38.2 Å². The lowest BCUT2D eigenvalue weighted by Crippen LogP contribution is -2.39. The Morgan fingerprint density at radius 3 is 2.89 bits per heavy atom. The first kappa shape index (κ1) is 13.1. The van der Waals surface area contributed by atoms with Gasteiger partial charge < -0.3 is 10.1 Å². The van der Waals surface area contributed by atoms with Crippen LogP contribution in [-0.4, -0.2) is 24.7 Å². The van der Waals surface area contributed by atoms with Crippen LogP contribution in [0.25, 0.3) is 0 Å². The van der Waals surface area contributed by atoms with E-state index in [0.29, 0.717) is 0 Å². The highest BCUT2D eigenvalue weighted by atomic mass is 16.5. The third-order valence-electron chi connectivity index (χ3n) is 3.32. The summed E-state index contributed by atoms with van der Waals surface area (Å²) in [6, 6.07) is 10.5. The van der Waals surface area contributed by atoms with E-state index in [1.165, 1.54) is 5.56 Å². The van der Waals surface area contributed by atoms with Crippen LogP contribution in [0.1, 0.15) is 31.7 Å². The average molecular weight is 247 g/mol. The van der Waals surface area contributed by atoms with Gasteiger partial charge in [-0.25, -0.2) is 0 Å². The molecule has 98 valence electrons. The average Bonchev–Trinajstić information content (AvgIpc) is 2.91. The van der Waals surface area contributed by atoms with Crippen molar-refractivity contribution in [3.8, 4) is 0 Å². The van der Waals surface area contributed by atoms with Crippen LogP contribution in [0, 0.1) is 0 Å². The van der Waals surface area contributed by atoms with Crippen molar-refractivity contribution in [3.63, 3.8) is 0 Å². The van der Waals surface area contributed by atoms with Crippen LogP contribution in [-0.2, 0) is 16.0 Å². The summed E-state index contributed by atoms with van der Waals surface area (Å²) in [7, 11) is 0. The van der Waals surface area contributed by atoms with Gasteiger partial charge in [-0.2, -0.15) is 0 Å². The zero-order valence-corrected chi connectivity index (χ0v) is 10.9. The van der Waals surface area contributed by atoms with Crippen molar-refractivity contribution in [2.24, 2.45) is 0 Å². The van der Waals surface area contributed by atoms with Crippen LogP contribution in [0.3, 0.4) is 0 Å². The van der Waals surface area contributed by atoms with Gasteiger partial charge in [0.25, 0.3) is 0 Å². The predicted octanol–water partition coefficient (Wildman–Crippen LogP) is 2.30. The molecule has 0 bridgehead atoms. The summed E-state index contributed by atoms with van der Waals surface area (Å²) in [5.41, 5.74) is 1.32. The quantitative estimate of drug-likeness (QED) is 0.867. The van der Waals surface area contributed by atoms with Crippen LogP contribution in [0.5, 0.6) is 0 Å². The number of carbonyl (C=O) groups excluding carboxylic acids is 1. The summed E-state index contributed by atoms with van der Waals surface area (Å²) < 4.78 is 5.37. The number of carbonyl (C=O) groups is 1. The summed E-state index contributed by atoms with van der Waals surface area (Å²) in [5, 5.41) is 3.03. The summed E-state index contributed by atoms with van der Waals surface area (Å²) in [6.45, 7) is 2.77. The minimum absolute atomic E-state index is 0.0491. The largest absolute Gasteiger partial charge is 0.368 e. The molecule has 0 aliphatic carbocycles. The van der Waals surface area contributed by atoms with Crippen LogP contribution in [0.15, 0.2) is 30.3 Å². The summed E-state index contributed by atoms with van der Waals surface area (Å²) in [5.74, 6) is 0.0491. The molecule has 1 aromatic carbocycles. The van der Waals surface area contributed by atoms with Gasteiger partial charge in [0.2, 0.25) is 5.91 Å². The first-order valence-electron chi connectivity index (χ1n) is 6.71. The second-order valence-corrected chi connectivity index (χ2v) is 4.94. The molecule has 2 atom stereocenters. The number of hydrogen-bond acceptors (Lipinski definition) is 2. The molecule has 3 heteroatoms. The summed E-state index contributed by atoms with van der Waals surface area (Å²) >= 11 is 0. The Labute approximate surface area is 109 Å². The normalized spacial score (nSPS) is 20.6. The monoisotopic (exact) mass is 247 g/mol. The third kappa shape index (κ3) is 3.84. The molecular formula is C15H21NO2. The smallest absolute Gasteiger partial charge is 0.249 e. The Balaban J connectivity index is 1.71. The molecular weight excluding hydrogens is 226 g/mol. The maximum absolute atomic E-state index is 11.8. The Morgan fingerprint density at radius 2 is 2.22 bits per heavy atom. The lowest BCUT2D eigenvalue weighted by atomic mass is 10.1. The fraction of sp³-hybridized carbons (Fsp3) is 0.533. The van der Waals surface area contributed by atoms with Crippen molar-refractivity contribution < 1.29 is 9.53 Å². The maximum Gasteiger partial charge on any atom is 0.249 e. The zero-order valence-electron chi connectivity index (χ0n) is 10.9. The maximum atomic E-state index is 11.8. The highest BCUT2D eigenvalue weighted by Crippen LogP contribution is 2.12. The van der Waals surface area contributed by atoms with Crippen LogP contribution >= 0.6 is 0 Å². The van der Waals surface area contributed by atoms with Crippen molar-refractivity contribution in [1.82, 2.24) is 5.32 Å². The van der Waals surface area contributed by atoms with E-state index < -0.39 is 0 Å². The van der Waals surface area contributed by atoms with E-state index in [-0.39, 0.29) is 18.1 Å². The molecule has 2 rings (SSSR count). The van der Waals surface area contributed by atoms with Gasteiger partial charge in [-0.1, -0.05) is 30.3 Å². The number of hydrogen-bond donors (Lipinski definition) is 1. The molecule has 1 heterocycles. The number of amides is 1. The predicted molar refractivity (Wildman–Crippen MR) is 71.3 cm³/mol. The van der Waals surface area contributed by atoms with Gasteiger partial charge in [0.1, 0.15) is 6.10 Å². The number of ether oxygens (including phenoxy) is 1. The highest BCUT2D eigenvalue weighted by molar-refractivity contribution is 5.81. The molecule has 1 aliphatic heterocycles. The van der Waals surface area contributed by atoms with Gasteiger partial charge in [-0.15, -0.1) is 0 Å². The Kier molecular flexibility index (Phi) is 4.76. The second-order valence-electron chi connectivity index (χ2n) is 4.94. The number of aryl methyl sites for hydroxylation is 1. The van der Waals surface area contributed by atoms with Crippen molar-refractivity contribution in [1.29, 1.82) is 0 Å². The van der Waals surface area contributed by atoms with Gasteiger partial charge in [0.15, 0.2) is 0 Å². The third-order valence-corrected chi connectivity index (χ3v) is 3.32. The fourth-order valence-electron chi connectivity index (χ4n) is 2.22. The van der Waals surface area contributed by atoms with E-state index in [4.69, 9.17) is 4.74 Å². The standard InChI is InChI=1S/C15H21NO2/c1-12(9-10-13-6-3-2-4-7-13)16-15(17)14-8-5-11-18-14/h2-4,6-7,12,14H,5,8-11H2,1H3,(H,16,17)/t12-,14+/m0/s1. The Hall–Kier alpha value is -1.35. The molecule has 0 spiro atoms. The summed E-state index contributed by atoms with van der Waals surface area (Å²) in [6.07, 6.45) is 3.59. The first-order chi connectivity index (χ1) is 8.75. The highest BCUT2D eigenvalue weighted by Gasteiger charge is 2.24. The fourth-order valence-corrected chi connectivity index (χ4v) is 2.22. The van der Waals surface area contributed by atoms with Crippen molar-refractivity contribution >= 4 is 5.91 Å². The van der Waals surface area contributed by atoms with Gasteiger partial charge in [0.05, 0.1) is 0 Å². The van der Waals surface area contributed by atoms with E-state index in [9.17, 15) is 4.79 Å². The van der Waals surface area contributed by atoms with Crippen molar-refractivity contribution in [2.45, 2.75) is 44.8 Å². The molecule has 18 heavy (non-hydrogen) atoms. The molecule has 0 saturated carbocycles. The molecule has 1 amide bonds. The van der Waals surface area contributed by atoms with Crippen LogP contribution < -0.4 is 5.32 Å². The topological polar surface area (TPSA) is 38.3 Å². The molecule has 0 unspecified atom stereocenters. The molecule has 1 saturated heterocycles. The molecule has 0 aromatic heterocycles. The van der Waals surface area contributed by atoms with Gasteiger partial charge in [-0.3, -0.25) is 4.79 Å². The van der Waals surface area contributed by atoms with E-state index in [1.54, 1.807) is 0 Å². The van der Waals surface area contributed by atoms with Crippen LogP contribution in [0.4, 0.5) is 0 Å². The molecule has 1 aromatic rings. The minimum atomic E-state index is -0.218. The van der Waals surface area contributed by atoms with Crippen molar-refractivity contribution in [3.05, 3.63) is 35.9 Å². The SMILES string of the molecule is C[C@@H](CCc1ccccc1)NC(=O)[C@H]1CCCO1.